The lowest BCUT2D eigenvalue weighted by Gasteiger charge is -2.10. The number of hydrogen-bond acceptors (Lipinski definition) is 6. The second-order valence-corrected chi connectivity index (χ2v) is 7.66. The number of rotatable bonds is 4. The fraction of sp³-hybridized carbons (Fsp3) is 0.0556. The lowest BCUT2D eigenvalue weighted by atomic mass is 10.2. The Morgan fingerprint density at radius 2 is 2.29 bits per heavy atom. The van der Waals surface area contributed by atoms with E-state index in [9.17, 15) is 19.3 Å². The van der Waals surface area contributed by atoms with E-state index in [2.05, 4.69) is 9.97 Å². The van der Waals surface area contributed by atoms with Crippen LogP contribution in [-0.2, 0) is 4.79 Å². The minimum atomic E-state index is -6.06. The van der Waals surface area contributed by atoms with Crippen molar-refractivity contribution in [1.82, 2.24) is 9.97 Å². The number of amides is 1. The van der Waals surface area contributed by atoms with Crippen molar-refractivity contribution >= 4 is 44.8 Å². The molecule has 0 fully saturated rings. The highest BCUT2D eigenvalue weighted by atomic mass is 32.2. The first-order chi connectivity index (χ1) is 15.7. The van der Waals surface area contributed by atoms with Gasteiger partial charge in [-0.25, -0.2) is 25.8 Å². The van der Waals surface area contributed by atoms with E-state index >= 15 is 0 Å². The Bertz CT molecular complexity index is 1480. The first-order valence-electron chi connectivity index (χ1n) is 10.6. The van der Waals surface area contributed by atoms with E-state index in [0.717, 1.165) is 17.4 Å². The second-order valence-electron chi connectivity index (χ2n) is 5.69. The molecule has 0 atom stereocenters. The number of halogens is 1. The Morgan fingerprint density at radius 3 is 3.00 bits per heavy atom. The summed E-state index contributed by atoms with van der Waals surface area (Å²) in [4.78, 5) is 30.7. The van der Waals surface area contributed by atoms with Gasteiger partial charge in [-0.1, -0.05) is 12.1 Å². The Kier molecular flexibility index (Phi) is 3.15. The van der Waals surface area contributed by atoms with E-state index in [1.54, 1.807) is 12.3 Å². The highest BCUT2D eigenvalue weighted by Crippen LogP contribution is 2.35. The first-order valence-corrected chi connectivity index (χ1v) is 9.59. The zero-order chi connectivity index (χ0) is 25.2. The molecule has 1 aliphatic heterocycles. The van der Waals surface area contributed by atoms with Crippen LogP contribution >= 0.6 is 22.8 Å². The van der Waals surface area contributed by atoms with Gasteiger partial charge in [0.25, 0.3) is 10.9 Å². The quantitative estimate of drug-likeness (QED) is 0.511. The number of benzene rings is 1. The number of carbonyl (C=O) groups excluding carboxylic acids is 1. The first kappa shape index (κ1) is 12.4. The van der Waals surface area contributed by atoms with Crippen LogP contribution in [0.2, 0.25) is 1.41 Å². The maximum Gasteiger partial charge on any atom is 0.268 e. The molecule has 0 saturated carbocycles. The standard InChI is InChI=1S/C18H15FN4O3S2/c1-9-8-27-15-14(9)20-16(10-3-2-4-11(19)7-10)21-17(15)22-18(24)12-5-6-13(28-12)23(25)26/h2-8H,1H3,28H4,(H,20,21,22,24)/i5D,6D,28D3/hD. The lowest BCUT2D eigenvalue weighted by molar-refractivity contribution is -0.410. The third kappa shape index (κ3) is 3.39. The van der Waals surface area contributed by atoms with Gasteiger partial charge in [0.2, 0.25) is 0 Å². The van der Waals surface area contributed by atoms with Crippen molar-refractivity contribution < 1.29 is 18.3 Å². The Labute approximate surface area is 173 Å². The van der Waals surface area contributed by atoms with E-state index in [4.69, 9.17) is 7.52 Å². The molecule has 144 valence electrons. The van der Waals surface area contributed by atoms with Gasteiger partial charge in [0.1, 0.15) is 5.82 Å². The molecule has 1 amide bonds. The molecule has 10 heteroatoms. The summed E-state index contributed by atoms with van der Waals surface area (Å²) in [6.45, 7) is 1.71. The number of nitrogens with one attached hydrogen (secondary N) is 1. The zero-order valence-electron chi connectivity index (χ0n) is 20.1. The third-order valence-electron chi connectivity index (χ3n) is 3.75. The number of nitro groups is 1. The topological polar surface area (TPSA) is 98.0 Å². The highest BCUT2D eigenvalue weighted by Gasteiger charge is 2.22. The van der Waals surface area contributed by atoms with E-state index in [1.165, 1.54) is 18.2 Å². The Balaban J connectivity index is 1.89. The van der Waals surface area contributed by atoms with Crippen LogP contribution in [-0.4, -0.2) is 24.2 Å². The number of aromatic nitrogens is 2. The average Bonchev–Trinajstić information content (AvgIpc) is 3.18. The number of fused-ring (bicyclic) bond motifs is 1. The van der Waals surface area contributed by atoms with Crippen molar-refractivity contribution in [2.45, 2.75) is 6.92 Å². The summed E-state index contributed by atoms with van der Waals surface area (Å²) < 4.78 is 62.6. The minimum absolute atomic E-state index is 0.0366. The van der Waals surface area contributed by atoms with Gasteiger partial charge < -0.3 is 5.31 Å². The zero-order valence-corrected chi connectivity index (χ0v) is 15.8. The van der Waals surface area contributed by atoms with Gasteiger partial charge >= 0.3 is 0 Å². The molecule has 28 heavy (non-hydrogen) atoms. The summed E-state index contributed by atoms with van der Waals surface area (Å²) in [6, 6.07) is 2.98. The van der Waals surface area contributed by atoms with Crippen LogP contribution in [0.4, 0.5) is 10.2 Å². The smallest absolute Gasteiger partial charge is 0.268 e. The molecule has 0 aliphatic carbocycles. The van der Waals surface area contributed by atoms with E-state index < -0.39 is 50.2 Å². The maximum atomic E-state index is 13.8. The van der Waals surface area contributed by atoms with Gasteiger partial charge in [0, 0.05) is 16.5 Å². The summed E-state index contributed by atoms with van der Waals surface area (Å²) in [7, 11) is 0. The van der Waals surface area contributed by atoms with Crippen molar-refractivity contribution in [2.75, 3.05) is 5.31 Å². The monoisotopic (exact) mass is 424 g/mol. The molecular formula is C18H15FN4O3S2. The lowest BCUT2D eigenvalue weighted by Crippen LogP contribution is -2.14. The molecule has 7 nitrogen and oxygen atoms in total. The van der Waals surface area contributed by atoms with E-state index in [0.29, 0.717) is 11.1 Å². The van der Waals surface area contributed by atoms with Gasteiger partial charge in [-0.05, 0) is 36.1 Å². The van der Waals surface area contributed by atoms with Gasteiger partial charge in [-0.3, -0.25) is 14.9 Å². The number of allylic oxidation sites excluding steroid dienone is 2. The van der Waals surface area contributed by atoms with E-state index in [-0.39, 0.29) is 27.2 Å². The number of hydrogen-bond donors (Lipinski definition) is 1. The molecule has 4 rings (SSSR count). The maximum absolute atomic E-state index is 13.8. The number of carbonyl (C=O) groups is 1. The van der Waals surface area contributed by atoms with Gasteiger partial charge in [0.15, 0.2) is 13.1 Å². The van der Waals surface area contributed by atoms with Crippen LogP contribution in [0.5, 0.6) is 0 Å². The minimum Gasteiger partial charge on any atom is -0.305 e. The molecule has 0 radical (unpaired) electrons. The summed E-state index contributed by atoms with van der Waals surface area (Å²) >= 11 is -4.98. The molecule has 3 heterocycles. The summed E-state index contributed by atoms with van der Waals surface area (Å²) in [5.41, 5.74) is 1.24. The van der Waals surface area contributed by atoms with E-state index in [1.807, 2.05) is 0 Å². The normalized spacial score (nSPS) is 22.3. The molecule has 1 N–H and O–H groups in total. The molecule has 0 spiro atoms. The molecular weight excluding hydrogens is 403 g/mol. The molecule has 2 aromatic heterocycles. The van der Waals surface area contributed by atoms with Gasteiger partial charge in [0.05, 0.1) is 21.3 Å². The Morgan fingerprint density at radius 1 is 1.46 bits per heavy atom. The summed E-state index contributed by atoms with van der Waals surface area (Å²) in [5, 5.41) is 11.7. The highest BCUT2D eigenvalue weighted by molar-refractivity contribution is 8.07. The number of nitrogens with zero attached hydrogens (tertiary/aromatic N) is 3. The van der Waals surface area contributed by atoms with Crippen LogP contribution in [0.1, 0.15) is 8.30 Å². The van der Waals surface area contributed by atoms with Crippen molar-refractivity contribution in [1.29, 1.82) is 3.37 Å². The predicted octanol–water partition coefficient (Wildman–Crippen LogP) is 3.42. The largest absolute Gasteiger partial charge is 0.305 e. The molecule has 1 aromatic carbocycles. The van der Waals surface area contributed by atoms with Crippen LogP contribution in [0.15, 0.2) is 51.7 Å². The third-order valence-corrected chi connectivity index (χ3v) is 5.85. The SMILES string of the molecule is [2H]C1=C(C(=O)N([2H])c2nc(-c3cccc(F)c3)nc3c(C)csc23)[SH]([2H])([2H])([2H])C([N+](=O)[O-])=C1[2H]. The summed E-state index contributed by atoms with van der Waals surface area (Å²) in [5.74, 6) is -2.47. The van der Waals surface area contributed by atoms with Crippen LogP contribution in [0, 0.1) is 22.9 Å². The Hall–Kier alpha value is -3.11. The number of thiophene rings is 1. The van der Waals surface area contributed by atoms with Crippen molar-refractivity contribution in [3.05, 3.63) is 73.2 Å². The number of aryl methyl sites for hydroxylation is 1. The van der Waals surface area contributed by atoms with Crippen LogP contribution in [0.3, 0.4) is 0 Å². The molecule has 0 saturated heterocycles. The second kappa shape index (κ2) is 7.13. The summed E-state index contributed by atoms with van der Waals surface area (Å²) in [6.07, 6.45) is 0. The van der Waals surface area contributed by atoms with Crippen molar-refractivity contribution in [3.63, 3.8) is 0 Å². The van der Waals surface area contributed by atoms with Crippen molar-refractivity contribution in [3.8, 4) is 11.4 Å². The molecule has 1 aliphatic rings. The molecule has 3 aromatic rings. The van der Waals surface area contributed by atoms with Crippen LogP contribution < -0.4 is 5.31 Å². The van der Waals surface area contributed by atoms with Crippen molar-refractivity contribution in [2.24, 2.45) is 0 Å². The molecule has 0 unspecified atom stereocenters. The number of anilines is 1. The predicted molar refractivity (Wildman–Crippen MR) is 113 cm³/mol. The average molecular weight is 425 g/mol. The fourth-order valence-electron chi connectivity index (χ4n) is 2.46. The van der Waals surface area contributed by atoms with Crippen LogP contribution in [0.25, 0.3) is 21.6 Å². The molecule has 0 bridgehead atoms. The van der Waals surface area contributed by atoms with Gasteiger partial charge in [-0.2, -0.15) is 0 Å². The fourth-order valence-corrected chi connectivity index (χ4v) is 4.05. The van der Waals surface area contributed by atoms with Gasteiger partial charge in [-0.15, -0.1) is 11.3 Å².